The number of imide groups is 1. The van der Waals surface area contributed by atoms with Crippen LogP contribution in [0.1, 0.15) is 5.56 Å². The number of hydrogen-bond acceptors (Lipinski definition) is 3. The van der Waals surface area contributed by atoms with Gasteiger partial charge < -0.3 is 11.1 Å². The summed E-state index contributed by atoms with van der Waals surface area (Å²) in [5.74, 6) is -0.772. The summed E-state index contributed by atoms with van der Waals surface area (Å²) in [6, 6.07) is 5.36. The molecule has 5 nitrogen and oxygen atoms in total. The molecule has 4 N–H and O–H groups in total. The first-order chi connectivity index (χ1) is 8.08. The SMILES string of the molecule is NC(=O)NC(=O)CNCCc1cccc(F)c1. The number of benzene rings is 1. The first-order valence-electron chi connectivity index (χ1n) is 5.12. The van der Waals surface area contributed by atoms with Gasteiger partial charge in [-0.25, -0.2) is 9.18 Å². The van der Waals surface area contributed by atoms with Gasteiger partial charge in [0.15, 0.2) is 0 Å². The summed E-state index contributed by atoms with van der Waals surface area (Å²) in [7, 11) is 0. The van der Waals surface area contributed by atoms with Crippen LogP contribution < -0.4 is 16.4 Å². The highest BCUT2D eigenvalue weighted by Crippen LogP contribution is 2.03. The topological polar surface area (TPSA) is 84.2 Å². The number of halogens is 1. The Labute approximate surface area is 98.2 Å². The summed E-state index contributed by atoms with van der Waals surface area (Å²) in [6.45, 7) is 0.508. The fourth-order valence-electron chi connectivity index (χ4n) is 1.31. The van der Waals surface area contributed by atoms with Crippen molar-refractivity contribution in [1.29, 1.82) is 0 Å². The highest BCUT2D eigenvalue weighted by Gasteiger charge is 2.02. The van der Waals surface area contributed by atoms with Crippen LogP contribution >= 0.6 is 0 Å². The molecule has 0 spiro atoms. The van der Waals surface area contributed by atoms with Crippen LogP contribution in [0.25, 0.3) is 0 Å². The average Bonchev–Trinajstić information content (AvgIpc) is 2.23. The van der Waals surface area contributed by atoms with Gasteiger partial charge in [0.2, 0.25) is 5.91 Å². The third kappa shape index (κ3) is 5.62. The van der Waals surface area contributed by atoms with Crippen molar-refractivity contribution >= 4 is 11.9 Å². The summed E-state index contributed by atoms with van der Waals surface area (Å²) in [4.78, 5) is 21.3. The Kier molecular flexibility index (Phi) is 5.09. The van der Waals surface area contributed by atoms with Crippen LogP contribution in [0.4, 0.5) is 9.18 Å². The molecule has 92 valence electrons. The zero-order valence-corrected chi connectivity index (χ0v) is 9.20. The van der Waals surface area contributed by atoms with E-state index in [4.69, 9.17) is 5.73 Å². The molecule has 0 saturated carbocycles. The van der Waals surface area contributed by atoms with Crippen LogP contribution in [0.5, 0.6) is 0 Å². The van der Waals surface area contributed by atoms with Crippen molar-refractivity contribution in [2.75, 3.05) is 13.1 Å². The number of carbonyl (C=O) groups excluding carboxylic acids is 2. The molecule has 0 bridgehead atoms. The number of primary amides is 1. The second-order valence-corrected chi connectivity index (χ2v) is 3.47. The normalized spacial score (nSPS) is 9.94. The molecule has 1 rings (SSSR count). The molecule has 0 atom stereocenters. The molecule has 17 heavy (non-hydrogen) atoms. The Hall–Kier alpha value is -1.95. The molecule has 1 aromatic rings. The molecule has 6 heteroatoms. The Bertz CT molecular complexity index is 409. The number of urea groups is 1. The van der Waals surface area contributed by atoms with Gasteiger partial charge >= 0.3 is 6.03 Å². The van der Waals surface area contributed by atoms with E-state index in [0.29, 0.717) is 13.0 Å². The molecule has 0 aromatic heterocycles. The van der Waals surface area contributed by atoms with Gasteiger partial charge in [-0.15, -0.1) is 0 Å². The Balaban J connectivity index is 2.20. The van der Waals surface area contributed by atoms with Crippen molar-refractivity contribution in [2.45, 2.75) is 6.42 Å². The van der Waals surface area contributed by atoms with E-state index in [9.17, 15) is 14.0 Å². The lowest BCUT2D eigenvalue weighted by atomic mass is 10.1. The minimum absolute atomic E-state index is 0.00173. The fourth-order valence-corrected chi connectivity index (χ4v) is 1.31. The molecule has 0 aliphatic rings. The van der Waals surface area contributed by atoms with Crippen molar-refractivity contribution in [3.63, 3.8) is 0 Å². The Morgan fingerprint density at radius 3 is 2.76 bits per heavy atom. The van der Waals surface area contributed by atoms with E-state index in [2.05, 4.69) is 5.32 Å². The zero-order valence-electron chi connectivity index (χ0n) is 9.20. The van der Waals surface area contributed by atoms with Crippen molar-refractivity contribution in [3.05, 3.63) is 35.6 Å². The van der Waals surface area contributed by atoms with Gasteiger partial charge in [0.25, 0.3) is 0 Å². The molecule has 0 unspecified atom stereocenters. The van der Waals surface area contributed by atoms with Crippen LogP contribution in [-0.4, -0.2) is 25.0 Å². The van der Waals surface area contributed by atoms with Gasteiger partial charge in [-0.1, -0.05) is 12.1 Å². The third-order valence-corrected chi connectivity index (χ3v) is 2.03. The number of rotatable bonds is 5. The van der Waals surface area contributed by atoms with Gasteiger partial charge in [-0.3, -0.25) is 10.1 Å². The minimum atomic E-state index is -0.873. The molecule has 1 aromatic carbocycles. The largest absolute Gasteiger partial charge is 0.351 e. The maximum atomic E-state index is 12.8. The highest BCUT2D eigenvalue weighted by atomic mass is 19.1. The van der Waals surface area contributed by atoms with Gasteiger partial charge in [-0.2, -0.15) is 0 Å². The summed E-state index contributed by atoms with van der Waals surface area (Å²) < 4.78 is 12.8. The molecule has 0 saturated heterocycles. The number of amides is 3. The summed E-state index contributed by atoms with van der Waals surface area (Å²) in [5.41, 5.74) is 5.61. The lowest BCUT2D eigenvalue weighted by molar-refractivity contribution is -0.119. The monoisotopic (exact) mass is 239 g/mol. The van der Waals surface area contributed by atoms with Gasteiger partial charge in [0.05, 0.1) is 6.54 Å². The standard InChI is InChI=1S/C11H14FN3O2/c12-9-3-1-2-8(6-9)4-5-14-7-10(16)15-11(13)17/h1-3,6,14H,4-5,7H2,(H3,13,15,16,17). The van der Waals surface area contributed by atoms with E-state index < -0.39 is 11.9 Å². The van der Waals surface area contributed by atoms with Crippen LogP contribution in [0.2, 0.25) is 0 Å². The fraction of sp³-hybridized carbons (Fsp3) is 0.273. The maximum absolute atomic E-state index is 12.8. The highest BCUT2D eigenvalue weighted by molar-refractivity contribution is 5.94. The van der Waals surface area contributed by atoms with E-state index in [1.807, 2.05) is 5.32 Å². The third-order valence-electron chi connectivity index (χ3n) is 2.03. The first kappa shape index (κ1) is 13.1. The van der Waals surface area contributed by atoms with Crippen LogP contribution in [-0.2, 0) is 11.2 Å². The summed E-state index contributed by atoms with van der Waals surface area (Å²) >= 11 is 0. The molecule has 0 heterocycles. The maximum Gasteiger partial charge on any atom is 0.318 e. The van der Waals surface area contributed by atoms with Crippen LogP contribution in [0, 0.1) is 5.82 Å². The van der Waals surface area contributed by atoms with E-state index in [1.165, 1.54) is 12.1 Å². The quantitative estimate of drug-likeness (QED) is 0.639. The summed E-state index contributed by atoms with van der Waals surface area (Å²) in [6.07, 6.45) is 0.599. The van der Waals surface area contributed by atoms with Crippen molar-refractivity contribution in [3.8, 4) is 0 Å². The van der Waals surface area contributed by atoms with Gasteiger partial charge in [0, 0.05) is 0 Å². The molecule has 0 fully saturated rings. The number of nitrogens with two attached hydrogens (primary N) is 1. The minimum Gasteiger partial charge on any atom is -0.351 e. The molecule has 0 radical (unpaired) electrons. The second kappa shape index (κ2) is 6.59. The van der Waals surface area contributed by atoms with E-state index in [0.717, 1.165) is 5.56 Å². The Morgan fingerprint density at radius 1 is 1.35 bits per heavy atom. The van der Waals surface area contributed by atoms with E-state index in [1.54, 1.807) is 12.1 Å². The van der Waals surface area contributed by atoms with Gasteiger partial charge in [-0.05, 0) is 30.7 Å². The molecule has 0 aliphatic heterocycles. The number of carbonyl (C=O) groups is 2. The zero-order chi connectivity index (χ0) is 12.7. The van der Waals surface area contributed by atoms with Crippen LogP contribution in [0.15, 0.2) is 24.3 Å². The lowest BCUT2D eigenvalue weighted by Gasteiger charge is -2.04. The Morgan fingerprint density at radius 2 is 2.12 bits per heavy atom. The molecule has 3 amide bonds. The van der Waals surface area contributed by atoms with Crippen LogP contribution in [0.3, 0.4) is 0 Å². The lowest BCUT2D eigenvalue weighted by Crippen LogP contribution is -2.40. The number of hydrogen-bond donors (Lipinski definition) is 3. The average molecular weight is 239 g/mol. The smallest absolute Gasteiger partial charge is 0.318 e. The van der Waals surface area contributed by atoms with Gasteiger partial charge in [0.1, 0.15) is 5.82 Å². The number of nitrogens with one attached hydrogen (secondary N) is 2. The van der Waals surface area contributed by atoms with E-state index >= 15 is 0 Å². The van der Waals surface area contributed by atoms with E-state index in [-0.39, 0.29) is 12.4 Å². The molecule has 0 aliphatic carbocycles. The van der Waals surface area contributed by atoms with Crippen molar-refractivity contribution in [2.24, 2.45) is 5.73 Å². The predicted molar refractivity (Wildman–Crippen MR) is 60.7 cm³/mol. The summed E-state index contributed by atoms with van der Waals surface area (Å²) in [5, 5.41) is 4.74. The van der Waals surface area contributed by atoms with Crippen molar-refractivity contribution in [1.82, 2.24) is 10.6 Å². The predicted octanol–water partition coefficient (Wildman–Crippen LogP) is 0.153. The molecular weight excluding hydrogens is 225 g/mol. The van der Waals surface area contributed by atoms with Crippen molar-refractivity contribution < 1.29 is 14.0 Å². The molecular formula is C11H14FN3O2. The second-order valence-electron chi connectivity index (χ2n) is 3.47. The first-order valence-corrected chi connectivity index (χ1v) is 5.12.